The van der Waals surface area contributed by atoms with E-state index in [1.54, 1.807) is 0 Å². The Kier molecular flexibility index (Phi) is 5.26. The van der Waals surface area contributed by atoms with Crippen LogP contribution in [0.15, 0.2) is 30.3 Å². The maximum Gasteiger partial charge on any atom is 0.220 e. The van der Waals surface area contributed by atoms with Crippen molar-refractivity contribution < 1.29 is 4.79 Å². The van der Waals surface area contributed by atoms with Gasteiger partial charge in [0, 0.05) is 31.1 Å². The first-order valence-corrected chi connectivity index (χ1v) is 9.33. The third-order valence-corrected chi connectivity index (χ3v) is 5.83. The van der Waals surface area contributed by atoms with Crippen LogP contribution in [-0.4, -0.2) is 22.2 Å². The lowest BCUT2D eigenvalue weighted by molar-refractivity contribution is -0.121. The highest BCUT2D eigenvalue weighted by Crippen LogP contribution is 2.40. The molecule has 1 fully saturated rings. The minimum Gasteiger partial charge on any atom is -0.355 e. The van der Waals surface area contributed by atoms with E-state index < -0.39 is 0 Å². The van der Waals surface area contributed by atoms with Gasteiger partial charge in [-0.2, -0.15) is 5.10 Å². The molecule has 1 aromatic carbocycles. The number of nitrogens with zero attached hydrogens (tertiary/aromatic N) is 2. The Balaban J connectivity index is 1.59. The predicted octanol–water partition coefficient (Wildman–Crippen LogP) is 3.60. The molecule has 0 unspecified atom stereocenters. The number of rotatable bonds is 6. The summed E-state index contributed by atoms with van der Waals surface area (Å²) in [6.07, 6.45) is 6.11. The van der Waals surface area contributed by atoms with Crippen LogP contribution in [0.3, 0.4) is 0 Å². The fourth-order valence-electron chi connectivity index (χ4n) is 4.18. The number of aryl methyl sites for hydroxylation is 2. The molecule has 0 aliphatic heterocycles. The highest BCUT2D eigenvalue weighted by atomic mass is 16.1. The van der Waals surface area contributed by atoms with Crippen molar-refractivity contribution in [2.24, 2.45) is 7.05 Å². The molecule has 25 heavy (non-hydrogen) atoms. The summed E-state index contributed by atoms with van der Waals surface area (Å²) < 4.78 is 1.89. The molecule has 0 atom stereocenters. The fourth-order valence-corrected chi connectivity index (χ4v) is 4.18. The van der Waals surface area contributed by atoms with Crippen molar-refractivity contribution >= 4 is 5.91 Å². The molecule has 1 saturated carbocycles. The quantitative estimate of drug-likeness (QED) is 0.874. The van der Waals surface area contributed by atoms with Gasteiger partial charge in [0.2, 0.25) is 5.91 Å². The summed E-state index contributed by atoms with van der Waals surface area (Å²) in [4.78, 5) is 12.4. The van der Waals surface area contributed by atoms with Gasteiger partial charge >= 0.3 is 0 Å². The Labute approximate surface area is 150 Å². The average Bonchev–Trinajstić information content (AvgIpc) is 3.19. The van der Waals surface area contributed by atoms with Gasteiger partial charge in [-0.25, -0.2) is 0 Å². The van der Waals surface area contributed by atoms with Gasteiger partial charge in [0.1, 0.15) is 0 Å². The molecule has 4 nitrogen and oxygen atoms in total. The molecule has 1 aromatic heterocycles. The number of carbonyl (C=O) groups is 1. The summed E-state index contributed by atoms with van der Waals surface area (Å²) >= 11 is 0. The molecule has 1 amide bonds. The molecule has 134 valence electrons. The van der Waals surface area contributed by atoms with E-state index in [0.717, 1.165) is 37.2 Å². The lowest BCUT2D eigenvalue weighted by Gasteiger charge is -2.30. The van der Waals surface area contributed by atoms with Crippen LogP contribution in [-0.2, 0) is 23.7 Å². The van der Waals surface area contributed by atoms with Crippen molar-refractivity contribution in [2.45, 2.75) is 57.8 Å². The molecule has 1 N–H and O–H groups in total. The molecule has 2 aromatic rings. The average molecular weight is 339 g/mol. The Morgan fingerprint density at radius 2 is 1.88 bits per heavy atom. The monoisotopic (exact) mass is 339 g/mol. The van der Waals surface area contributed by atoms with Gasteiger partial charge < -0.3 is 5.32 Å². The molecule has 0 bridgehead atoms. The number of nitrogens with one attached hydrogen (secondary N) is 1. The number of benzene rings is 1. The predicted molar refractivity (Wildman–Crippen MR) is 101 cm³/mol. The molecule has 0 saturated heterocycles. The Morgan fingerprint density at radius 1 is 1.20 bits per heavy atom. The minimum atomic E-state index is 0.122. The van der Waals surface area contributed by atoms with E-state index in [1.807, 2.05) is 18.7 Å². The molecular weight excluding hydrogens is 310 g/mol. The van der Waals surface area contributed by atoms with Crippen molar-refractivity contribution in [3.05, 3.63) is 52.8 Å². The van der Waals surface area contributed by atoms with E-state index in [4.69, 9.17) is 0 Å². The van der Waals surface area contributed by atoms with Crippen LogP contribution in [0.2, 0.25) is 0 Å². The van der Waals surface area contributed by atoms with Gasteiger partial charge in [-0.15, -0.1) is 0 Å². The maximum atomic E-state index is 12.4. The Bertz CT molecular complexity index is 727. The van der Waals surface area contributed by atoms with Gasteiger partial charge in [-0.05, 0) is 44.2 Å². The number of aromatic nitrogens is 2. The Morgan fingerprint density at radius 3 is 2.48 bits per heavy atom. The van der Waals surface area contributed by atoms with Gasteiger partial charge in [0.15, 0.2) is 0 Å². The van der Waals surface area contributed by atoms with Crippen molar-refractivity contribution in [3.8, 4) is 0 Å². The summed E-state index contributed by atoms with van der Waals surface area (Å²) in [5.41, 5.74) is 4.88. The first kappa shape index (κ1) is 17.7. The van der Waals surface area contributed by atoms with Crippen LogP contribution < -0.4 is 5.32 Å². The fraction of sp³-hybridized carbons (Fsp3) is 0.524. The zero-order valence-electron chi connectivity index (χ0n) is 15.6. The molecule has 4 heteroatoms. The molecule has 0 spiro atoms. The third kappa shape index (κ3) is 3.78. The maximum absolute atomic E-state index is 12.4. The number of hydrogen-bond donors (Lipinski definition) is 1. The second kappa shape index (κ2) is 7.42. The van der Waals surface area contributed by atoms with Crippen LogP contribution in [0.4, 0.5) is 0 Å². The lowest BCUT2D eigenvalue weighted by atomic mass is 9.79. The second-order valence-corrected chi connectivity index (χ2v) is 7.40. The van der Waals surface area contributed by atoms with Crippen molar-refractivity contribution in [1.29, 1.82) is 0 Å². The van der Waals surface area contributed by atoms with Gasteiger partial charge in [0.05, 0.1) is 5.69 Å². The van der Waals surface area contributed by atoms with Crippen LogP contribution in [0.1, 0.15) is 54.6 Å². The second-order valence-electron chi connectivity index (χ2n) is 7.40. The van der Waals surface area contributed by atoms with E-state index in [9.17, 15) is 4.79 Å². The van der Waals surface area contributed by atoms with E-state index >= 15 is 0 Å². The van der Waals surface area contributed by atoms with Crippen molar-refractivity contribution in [2.75, 3.05) is 6.54 Å². The van der Waals surface area contributed by atoms with Crippen molar-refractivity contribution in [3.63, 3.8) is 0 Å². The summed E-state index contributed by atoms with van der Waals surface area (Å²) in [6.45, 7) is 4.83. The summed E-state index contributed by atoms with van der Waals surface area (Å²) in [6, 6.07) is 10.7. The smallest absolute Gasteiger partial charge is 0.220 e. The first-order chi connectivity index (χ1) is 12.0. The van der Waals surface area contributed by atoms with Gasteiger partial charge in [-0.1, -0.05) is 43.2 Å². The van der Waals surface area contributed by atoms with E-state index in [-0.39, 0.29) is 11.3 Å². The highest BCUT2D eigenvalue weighted by molar-refractivity contribution is 5.76. The minimum absolute atomic E-state index is 0.122. The summed E-state index contributed by atoms with van der Waals surface area (Å²) in [5, 5.41) is 7.65. The topological polar surface area (TPSA) is 46.9 Å². The number of carbonyl (C=O) groups excluding carboxylic acids is 1. The molecule has 3 rings (SSSR count). The third-order valence-electron chi connectivity index (χ3n) is 5.83. The van der Waals surface area contributed by atoms with E-state index in [2.05, 4.69) is 47.7 Å². The van der Waals surface area contributed by atoms with Crippen LogP contribution >= 0.6 is 0 Å². The molecule has 1 aliphatic carbocycles. The first-order valence-electron chi connectivity index (χ1n) is 9.33. The van der Waals surface area contributed by atoms with Crippen LogP contribution in [0.5, 0.6) is 0 Å². The van der Waals surface area contributed by atoms with Crippen molar-refractivity contribution in [1.82, 2.24) is 15.1 Å². The normalized spacial score (nSPS) is 16.1. The zero-order chi connectivity index (χ0) is 17.9. The SMILES string of the molecule is Cc1nn(C)c(C)c1CCC(=O)NCC1(c2ccccc2)CCCC1. The molecule has 1 aliphatic rings. The van der Waals surface area contributed by atoms with Gasteiger partial charge in [0.25, 0.3) is 0 Å². The molecule has 1 heterocycles. The van der Waals surface area contributed by atoms with Crippen LogP contribution in [0.25, 0.3) is 0 Å². The summed E-state index contributed by atoms with van der Waals surface area (Å²) in [7, 11) is 1.95. The number of amides is 1. The van der Waals surface area contributed by atoms with Crippen LogP contribution in [0, 0.1) is 13.8 Å². The van der Waals surface area contributed by atoms with E-state index in [1.165, 1.54) is 24.0 Å². The zero-order valence-corrected chi connectivity index (χ0v) is 15.6. The molecule has 0 radical (unpaired) electrons. The van der Waals surface area contributed by atoms with Gasteiger partial charge in [-0.3, -0.25) is 9.48 Å². The largest absolute Gasteiger partial charge is 0.355 e. The standard InChI is InChI=1S/C21H29N3O/c1-16-19(17(2)24(3)23-16)11-12-20(25)22-15-21(13-7-8-14-21)18-9-5-4-6-10-18/h4-6,9-10H,7-8,11-15H2,1-3H3,(H,22,25). The highest BCUT2D eigenvalue weighted by Gasteiger charge is 2.35. The summed E-state index contributed by atoms with van der Waals surface area (Å²) in [5.74, 6) is 0.143. The molecular formula is C21H29N3O. The number of hydrogen-bond acceptors (Lipinski definition) is 2. The van der Waals surface area contributed by atoms with E-state index in [0.29, 0.717) is 6.42 Å². The lowest BCUT2D eigenvalue weighted by Crippen LogP contribution is -2.39. The Hall–Kier alpha value is -2.10.